The minimum atomic E-state index is -0.230. The summed E-state index contributed by atoms with van der Waals surface area (Å²) >= 11 is 0. The van der Waals surface area contributed by atoms with Crippen LogP contribution in [0.5, 0.6) is 0 Å². The highest BCUT2D eigenvalue weighted by molar-refractivity contribution is 5.99. The lowest BCUT2D eigenvalue weighted by atomic mass is 9.89. The first-order chi connectivity index (χ1) is 17.1. The van der Waals surface area contributed by atoms with Crippen LogP contribution in [0.3, 0.4) is 0 Å². The molecule has 1 aliphatic carbocycles. The van der Waals surface area contributed by atoms with Crippen LogP contribution < -0.4 is 16.0 Å². The first-order valence-electron chi connectivity index (χ1n) is 12.7. The lowest BCUT2D eigenvalue weighted by Crippen LogP contribution is -2.49. The molecule has 4 rings (SSSR count). The molecule has 1 aromatic heterocycles. The molecule has 1 fully saturated rings. The molecule has 0 unspecified atom stereocenters. The number of aromatic nitrogens is 2. The number of benzene rings is 2. The zero-order valence-electron chi connectivity index (χ0n) is 21.8. The van der Waals surface area contributed by atoms with Crippen molar-refractivity contribution in [1.29, 1.82) is 0 Å². The maximum absolute atomic E-state index is 12.8. The van der Waals surface area contributed by atoms with Crippen molar-refractivity contribution in [2.24, 2.45) is 4.99 Å². The minimum absolute atomic E-state index is 0. The van der Waals surface area contributed by atoms with Crippen LogP contribution in [0, 0.1) is 6.92 Å². The van der Waals surface area contributed by atoms with Crippen LogP contribution in [0.2, 0.25) is 0 Å². The number of nitrogens with one attached hydrogen (secondary N) is 3. The maximum Gasteiger partial charge on any atom is 0.289 e. The summed E-state index contributed by atoms with van der Waals surface area (Å²) in [4.78, 5) is 26.6. The van der Waals surface area contributed by atoms with Gasteiger partial charge in [0, 0.05) is 36.6 Å². The molecular weight excluding hydrogens is 507 g/mol. The minimum Gasteiger partial charge on any atom is -0.365 e. The maximum atomic E-state index is 12.8. The van der Waals surface area contributed by atoms with Crippen molar-refractivity contribution in [1.82, 2.24) is 20.6 Å². The first-order valence-corrected chi connectivity index (χ1v) is 12.7. The fourth-order valence-corrected chi connectivity index (χ4v) is 4.61. The van der Waals surface area contributed by atoms with E-state index in [9.17, 15) is 4.79 Å². The highest BCUT2D eigenvalue weighted by Gasteiger charge is 2.27. The van der Waals surface area contributed by atoms with Gasteiger partial charge in [-0.05, 0) is 38.3 Å². The van der Waals surface area contributed by atoms with Crippen LogP contribution in [0.4, 0.5) is 5.82 Å². The van der Waals surface area contributed by atoms with E-state index in [2.05, 4.69) is 58.0 Å². The van der Waals surface area contributed by atoms with Gasteiger partial charge in [0.1, 0.15) is 11.7 Å². The second-order valence-corrected chi connectivity index (χ2v) is 9.25. The molecule has 3 N–H and O–H groups in total. The molecular formula is C28H38Cl2N6O. The number of aliphatic imine (C=N–C) groups is 1. The van der Waals surface area contributed by atoms with Crippen molar-refractivity contribution in [2.45, 2.75) is 64.5 Å². The Kier molecular flexibility index (Phi) is 12.1. The number of halogens is 2. The molecule has 7 nitrogen and oxygen atoms in total. The van der Waals surface area contributed by atoms with Crippen molar-refractivity contribution in [2.75, 3.05) is 18.9 Å². The fourth-order valence-electron chi connectivity index (χ4n) is 4.61. The summed E-state index contributed by atoms with van der Waals surface area (Å²) in [5.74, 6) is 1.59. The number of hydrogen-bond acceptors (Lipinski definition) is 5. The van der Waals surface area contributed by atoms with Gasteiger partial charge in [-0.15, -0.1) is 24.8 Å². The monoisotopic (exact) mass is 544 g/mol. The Morgan fingerprint density at radius 2 is 1.76 bits per heavy atom. The second-order valence-electron chi connectivity index (χ2n) is 9.25. The number of amidine groups is 1. The normalized spacial score (nSPS) is 17.3. The van der Waals surface area contributed by atoms with Gasteiger partial charge < -0.3 is 16.0 Å². The van der Waals surface area contributed by atoms with Crippen LogP contribution >= 0.6 is 24.8 Å². The second kappa shape index (κ2) is 14.7. The number of hydrogen-bond donors (Lipinski definition) is 3. The van der Waals surface area contributed by atoms with Gasteiger partial charge in [0.25, 0.3) is 5.91 Å². The van der Waals surface area contributed by atoms with E-state index in [4.69, 9.17) is 4.98 Å². The molecule has 9 heteroatoms. The Morgan fingerprint density at radius 3 is 2.46 bits per heavy atom. The van der Waals surface area contributed by atoms with Gasteiger partial charge in [0.2, 0.25) is 5.82 Å². The number of fused-ring (bicyclic) bond motifs is 1. The van der Waals surface area contributed by atoms with E-state index in [1.807, 2.05) is 37.4 Å². The quantitative estimate of drug-likeness (QED) is 0.192. The first kappa shape index (κ1) is 30.3. The van der Waals surface area contributed by atoms with E-state index in [-0.39, 0.29) is 48.6 Å². The molecule has 0 bridgehead atoms. The van der Waals surface area contributed by atoms with Gasteiger partial charge in [-0.25, -0.2) is 9.97 Å². The molecule has 200 valence electrons. The predicted molar refractivity (Wildman–Crippen MR) is 158 cm³/mol. The summed E-state index contributed by atoms with van der Waals surface area (Å²) in [6.45, 7) is 4.79. The number of rotatable bonds is 8. The average molecular weight is 546 g/mol. The molecule has 3 aromatic rings. The molecule has 1 aliphatic rings. The number of anilines is 1. The molecule has 1 saturated carbocycles. The highest BCUT2D eigenvalue weighted by Crippen LogP contribution is 2.27. The fraction of sp³-hybridized carbons (Fsp3) is 0.429. The SMILES string of the molecule is CCCCNC(=O)c1nc(N[C@H]2CCCC[C@H]2N/C(=N/C)c2ccccc2)c2cc(C)ccc2n1.Cl.Cl. The number of unbranched alkanes of at least 4 members (excludes halogenated alkanes) is 1. The van der Waals surface area contributed by atoms with Crippen LogP contribution in [0.25, 0.3) is 10.9 Å². The van der Waals surface area contributed by atoms with Crippen LogP contribution in [0.1, 0.15) is 67.2 Å². The average Bonchev–Trinajstić information content (AvgIpc) is 2.88. The lowest BCUT2D eigenvalue weighted by Gasteiger charge is -2.34. The summed E-state index contributed by atoms with van der Waals surface area (Å²) in [5.41, 5.74) is 2.98. The summed E-state index contributed by atoms with van der Waals surface area (Å²) in [7, 11) is 1.82. The van der Waals surface area contributed by atoms with Gasteiger partial charge in [-0.1, -0.05) is 68.1 Å². The third-order valence-corrected chi connectivity index (χ3v) is 6.55. The van der Waals surface area contributed by atoms with Crippen molar-refractivity contribution in [3.63, 3.8) is 0 Å². The van der Waals surface area contributed by atoms with E-state index in [1.165, 1.54) is 0 Å². The van der Waals surface area contributed by atoms with E-state index in [1.54, 1.807) is 0 Å². The topological polar surface area (TPSA) is 91.3 Å². The standard InChI is InChI=1S/C28H36N6O.2ClH/c1-4-5-17-30-28(35)27-31-22-16-15-19(2)18-21(22)26(34-27)33-24-14-10-9-13-23(24)32-25(29-3)20-11-7-6-8-12-20;;/h6-8,11-12,15-16,18,23-24H,4-5,9-10,13-14,17H2,1-3H3,(H,29,32)(H,30,35)(H,31,33,34);2*1H/t23-,24+;;/m1../s1. The van der Waals surface area contributed by atoms with Crippen molar-refractivity contribution in [3.05, 3.63) is 65.5 Å². The predicted octanol–water partition coefficient (Wildman–Crippen LogP) is 5.70. The van der Waals surface area contributed by atoms with Gasteiger partial charge in [-0.3, -0.25) is 9.79 Å². The zero-order valence-corrected chi connectivity index (χ0v) is 23.4. The van der Waals surface area contributed by atoms with E-state index in [0.29, 0.717) is 12.4 Å². The van der Waals surface area contributed by atoms with E-state index >= 15 is 0 Å². The Labute approximate surface area is 232 Å². The molecule has 0 saturated heterocycles. The number of carbonyl (C=O) groups excluding carboxylic acids is 1. The molecule has 1 heterocycles. The smallest absolute Gasteiger partial charge is 0.289 e. The molecule has 0 aliphatic heterocycles. The summed E-state index contributed by atoms with van der Waals surface area (Å²) in [6.07, 6.45) is 6.31. The highest BCUT2D eigenvalue weighted by atomic mass is 35.5. The van der Waals surface area contributed by atoms with Gasteiger partial charge in [0.15, 0.2) is 0 Å². The summed E-state index contributed by atoms with van der Waals surface area (Å²) in [6, 6.07) is 16.6. The van der Waals surface area contributed by atoms with E-state index < -0.39 is 0 Å². The molecule has 0 spiro atoms. The molecule has 2 aromatic carbocycles. The van der Waals surface area contributed by atoms with Crippen LogP contribution in [-0.2, 0) is 0 Å². The lowest BCUT2D eigenvalue weighted by molar-refractivity contribution is 0.0943. The molecule has 1 amide bonds. The molecule has 0 radical (unpaired) electrons. The van der Waals surface area contributed by atoms with Gasteiger partial charge in [0.05, 0.1) is 5.52 Å². The zero-order chi connectivity index (χ0) is 24.6. The third kappa shape index (κ3) is 7.79. The van der Waals surface area contributed by atoms with Crippen molar-refractivity contribution in [3.8, 4) is 0 Å². The Morgan fingerprint density at radius 1 is 1.03 bits per heavy atom. The van der Waals surface area contributed by atoms with Crippen LogP contribution in [0.15, 0.2) is 53.5 Å². The largest absolute Gasteiger partial charge is 0.365 e. The molecule has 37 heavy (non-hydrogen) atoms. The Balaban J connectivity index is 0.00000241. The van der Waals surface area contributed by atoms with E-state index in [0.717, 1.165) is 66.4 Å². The Hall–Kier alpha value is -2.90. The van der Waals surface area contributed by atoms with Crippen molar-refractivity contribution >= 4 is 53.3 Å². The number of carbonyl (C=O) groups is 1. The van der Waals surface area contributed by atoms with Crippen molar-refractivity contribution < 1.29 is 4.79 Å². The number of amides is 1. The van der Waals surface area contributed by atoms with Crippen LogP contribution in [-0.4, -0.2) is 47.4 Å². The van der Waals surface area contributed by atoms with Gasteiger partial charge in [-0.2, -0.15) is 0 Å². The summed E-state index contributed by atoms with van der Waals surface area (Å²) in [5, 5.41) is 11.3. The molecule has 2 atom stereocenters. The number of aryl methyl sites for hydroxylation is 1. The van der Waals surface area contributed by atoms with Gasteiger partial charge >= 0.3 is 0 Å². The third-order valence-electron chi connectivity index (χ3n) is 6.55. The summed E-state index contributed by atoms with van der Waals surface area (Å²) < 4.78 is 0. The number of nitrogens with zero attached hydrogens (tertiary/aromatic N) is 3. The Bertz CT molecular complexity index is 1190.